The molecule has 1 N–H and O–H groups in total. The zero-order chi connectivity index (χ0) is 19.3. The van der Waals surface area contributed by atoms with E-state index >= 15 is 0 Å². The Kier molecular flexibility index (Phi) is 4.09. The summed E-state index contributed by atoms with van der Waals surface area (Å²) in [6.45, 7) is 2.82. The van der Waals surface area contributed by atoms with Crippen molar-refractivity contribution in [3.8, 4) is 5.75 Å². The van der Waals surface area contributed by atoms with Crippen LogP contribution in [0.1, 0.15) is 28.4 Å². The van der Waals surface area contributed by atoms with Crippen molar-refractivity contribution in [1.29, 1.82) is 0 Å². The fraction of sp³-hybridized carbons (Fsp3) is 0.364. The number of carbonyl (C=O) groups excluding carboxylic acids is 1. The number of H-pyrrole nitrogens is 1. The van der Waals surface area contributed by atoms with Gasteiger partial charge in [-0.25, -0.2) is 0 Å². The summed E-state index contributed by atoms with van der Waals surface area (Å²) in [5, 5.41) is 0.901. The summed E-state index contributed by atoms with van der Waals surface area (Å²) >= 11 is 0. The van der Waals surface area contributed by atoms with Gasteiger partial charge in [0.15, 0.2) is 5.78 Å². The van der Waals surface area contributed by atoms with Crippen molar-refractivity contribution < 1.29 is 9.53 Å². The van der Waals surface area contributed by atoms with E-state index in [0.29, 0.717) is 23.9 Å². The first-order valence-electron chi connectivity index (χ1n) is 9.73. The van der Waals surface area contributed by atoms with Gasteiger partial charge in [-0.15, -0.1) is 0 Å². The molecule has 2 aliphatic rings. The number of aromatic amines is 1. The molecule has 0 aliphatic carbocycles. The minimum Gasteiger partial charge on any atom is -0.497 e. The third-order valence-electron chi connectivity index (χ3n) is 6.11. The molecule has 2 aliphatic heterocycles. The number of pyridine rings is 1. The summed E-state index contributed by atoms with van der Waals surface area (Å²) in [5.41, 5.74) is 2.84. The standard InChI is InChI=1S/C22H23N3O3/c1-28-16-5-6-19-17(8-16)18(9-23-19)21(26)13-24-10-14-7-15(12-24)20-3-2-4-22(27)25(20)11-14/h2-6,8-9,14-15,23H,7,10-13H2,1H3/t14-,15+/m0/s1. The lowest BCUT2D eigenvalue weighted by Crippen LogP contribution is -2.48. The van der Waals surface area contributed by atoms with Crippen LogP contribution in [0, 0.1) is 5.92 Å². The number of carbonyl (C=O) groups is 1. The normalized spacial score (nSPS) is 21.5. The number of likely N-dealkylation sites (tertiary alicyclic amines) is 1. The Morgan fingerprint density at radius 2 is 2.11 bits per heavy atom. The van der Waals surface area contributed by atoms with E-state index in [9.17, 15) is 9.59 Å². The van der Waals surface area contributed by atoms with Crippen LogP contribution in [0.3, 0.4) is 0 Å². The van der Waals surface area contributed by atoms with Gasteiger partial charge in [0.1, 0.15) is 5.75 Å². The molecule has 5 rings (SSSR count). The highest BCUT2D eigenvalue weighted by molar-refractivity contribution is 6.09. The maximum atomic E-state index is 13.0. The fourth-order valence-corrected chi connectivity index (χ4v) is 4.87. The van der Waals surface area contributed by atoms with Crippen LogP contribution in [0.15, 0.2) is 47.4 Å². The van der Waals surface area contributed by atoms with Gasteiger partial charge in [-0.05, 0) is 36.6 Å². The molecule has 28 heavy (non-hydrogen) atoms. The maximum absolute atomic E-state index is 13.0. The Bertz CT molecular complexity index is 1110. The van der Waals surface area contributed by atoms with Crippen molar-refractivity contribution in [1.82, 2.24) is 14.5 Å². The molecule has 1 aromatic carbocycles. The quantitative estimate of drug-likeness (QED) is 0.710. The highest BCUT2D eigenvalue weighted by atomic mass is 16.5. The molecular formula is C22H23N3O3. The number of rotatable bonds is 4. The number of nitrogens with one attached hydrogen (secondary N) is 1. The topological polar surface area (TPSA) is 67.3 Å². The molecule has 3 aromatic rings. The largest absolute Gasteiger partial charge is 0.497 e. The number of Topliss-reactive ketones (excluding diaryl/α,β-unsaturated/α-hetero) is 1. The SMILES string of the molecule is COc1ccc2[nH]cc(C(=O)CN3C[C@@H]4C[C@H](C3)c3cccc(=O)n3C4)c2c1. The van der Waals surface area contributed by atoms with E-state index in [0.717, 1.165) is 48.4 Å². The molecule has 2 bridgehead atoms. The number of hydrogen-bond acceptors (Lipinski definition) is 4. The van der Waals surface area contributed by atoms with Crippen molar-refractivity contribution >= 4 is 16.7 Å². The Balaban J connectivity index is 1.38. The molecule has 1 fully saturated rings. The summed E-state index contributed by atoms with van der Waals surface area (Å²) < 4.78 is 7.23. The first-order valence-corrected chi connectivity index (χ1v) is 9.73. The summed E-state index contributed by atoms with van der Waals surface area (Å²) in [6.07, 6.45) is 2.89. The lowest BCUT2D eigenvalue weighted by Gasteiger charge is -2.42. The molecule has 0 unspecified atom stereocenters. The average Bonchev–Trinajstić information content (AvgIpc) is 3.12. The summed E-state index contributed by atoms with van der Waals surface area (Å²) in [7, 11) is 1.63. The summed E-state index contributed by atoms with van der Waals surface area (Å²) in [5.74, 6) is 1.60. The summed E-state index contributed by atoms with van der Waals surface area (Å²) in [6, 6.07) is 11.3. The number of aromatic nitrogens is 2. The van der Waals surface area contributed by atoms with Gasteiger partial charge in [-0.2, -0.15) is 0 Å². The van der Waals surface area contributed by atoms with Crippen LogP contribution in [0.5, 0.6) is 5.75 Å². The van der Waals surface area contributed by atoms with Gasteiger partial charge in [0.25, 0.3) is 5.56 Å². The predicted octanol–water partition coefficient (Wildman–Crippen LogP) is 2.64. The second-order valence-electron chi connectivity index (χ2n) is 7.93. The number of ether oxygens (including phenoxy) is 1. The molecule has 0 radical (unpaired) electrons. The monoisotopic (exact) mass is 377 g/mol. The van der Waals surface area contributed by atoms with Crippen LogP contribution in [0.25, 0.3) is 10.9 Å². The van der Waals surface area contributed by atoms with E-state index in [1.807, 2.05) is 28.8 Å². The van der Waals surface area contributed by atoms with E-state index in [2.05, 4.69) is 16.0 Å². The van der Waals surface area contributed by atoms with Gasteiger partial charge < -0.3 is 14.3 Å². The van der Waals surface area contributed by atoms with Crippen molar-refractivity contribution in [3.63, 3.8) is 0 Å². The maximum Gasteiger partial charge on any atom is 0.250 e. The number of fused-ring (bicyclic) bond motifs is 5. The van der Waals surface area contributed by atoms with Crippen LogP contribution in [-0.2, 0) is 6.54 Å². The predicted molar refractivity (Wildman–Crippen MR) is 107 cm³/mol. The average molecular weight is 377 g/mol. The molecule has 6 nitrogen and oxygen atoms in total. The first-order chi connectivity index (χ1) is 13.6. The molecule has 0 saturated carbocycles. The van der Waals surface area contributed by atoms with Crippen LogP contribution in [-0.4, -0.2) is 47.0 Å². The second-order valence-corrected chi connectivity index (χ2v) is 7.93. The van der Waals surface area contributed by atoms with Crippen LogP contribution < -0.4 is 10.3 Å². The van der Waals surface area contributed by atoms with Gasteiger partial charge in [0, 0.05) is 60.0 Å². The van der Waals surface area contributed by atoms with Crippen molar-refractivity contribution in [2.24, 2.45) is 5.92 Å². The highest BCUT2D eigenvalue weighted by Gasteiger charge is 2.35. The zero-order valence-electron chi connectivity index (χ0n) is 15.9. The Labute approximate surface area is 162 Å². The molecule has 144 valence electrons. The van der Waals surface area contributed by atoms with Gasteiger partial charge >= 0.3 is 0 Å². The molecule has 0 spiro atoms. The van der Waals surface area contributed by atoms with Crippen molar-refractivity contribution in [3.05, 3.63) is 64.2 Å². The van der Waals surface area contributed by atoms with Crippen LogP contribution >= 0.6 is 0 Å². The van der Waals surface area contributed by atoms with Crippen molar-refractivity contribution in [2.45, 2.75) is 18.9 Å². The second kappa shape index (κ2) is 6.63. The van der Waals surface area contributed by atoms with Crippen LogP contribution in [0.2, 0.25) is 0 Å². The minimum atomic E-state index is 0.0875. The third-order valence-corrected chi connectivity index (χ3v) is 6.11. The minimum absolute atomic E-state index is 0.0875. The fourth-order valence-electron chi connectivity index (χ4n) is 4.87. The Hall–Kier alpha value is -2.86. The molecule has 4 heterocycles. The van der Waals surface area contributed by atoms with Gasteiger partial charge in [0.05, 0.1) is 13.7 Å². The van der Waals surface area contributed by atoms with Crippen molar-refractivity contribution in [2.75, 3.05) is 26.7 Å². The van der Waals surface area contributed by atoms with Crippen LogP contribution in [0.4, 0.5) is 0 Å². The number of benzene rings is 1. The number of methoxy groups -OCH3 is 1. The van der Waals surface area contributed by atoms with Gasteiger partial charge in [-0.3, -0.25) is 14.5 Å². The summed E-state index contributed by atoms with van der Waals surface area (Å²) in [4.78, 5) is 30.7. The van der Waals surface area contributed by atoms with E-state index in [-0.39, 0.29) is 11.3 Å². The Morgan fingerprint density at radius 1 is 1.21 bits per heavy atom. The van der Waals surface area contributed by atoms with E-state index in [1.54, 1.807) is 19.4 Å². The number of ketones is 1. The number of piperidine rings is 1. The molecule has 2 atom stereocenters. The molecular weight excluding hydrogens is 354 g/mol. The number of hydrogen-bond donors (Lipinski definition) is 1. The highest BCUT2D eigenvalue weighted by Crippen LogP contribution is 2.35. The molecule has 1 saturated heterocycles. The first kappa shape index (κ1) is 17.3. The van der Waals surface area contributed by atoms with Gasteiger partial charge in [0.2, 0.25) is 0 Å². The van der Waals surface area contributed by atoms with E-state index < -0.39 is 0 Å². The van der Waals surface area contributed by atoms with E-state index in [1.165, 1.54) is 0 Å². The molecule has 2 aromatic heterocycles. The Morgan fingerprint density at radius 3 is 2.96 bits per heavy atom. The molecule has 0 amide bonds. The van der Waals surface area contributed by atoms with E-state index in [4.69, 9.17) is 4.74 Å². The lowest BCUT2D eigenvalue weighted by atomic mass is 9.83. The lowest BCUT2D eigenvalue weighted by molar-refractivity contribution is 0.0819. The number of nitrogens with zero attached hydrogens (tertiary/aromatic N) is 2. The smallest absolute Gasteiger partial charge is 0.250 e. The third kappa shape index (κ3) is 2.85. The zero-order valence-corrected chi connectivity index (χ0v) is 15.9. The molecule has 6 heteroatoms. The van der Waals surface area contributed by atoms with Gasteiger partial charge in [-0.1, -0.05) is 6.07 Å².